The maximum atomic E-state index is 11.4. The molecule has 0 radical (unpaired) electrons. The van der Waals surface area contributed by atoms with E-state index in [1.165, 1.54) is 5.75 Å². The zero-order valence-electron chi connectivity index (χ0n) is 8.40. The first-order valence-corrected chi connectivity index (χ1v) is 7.16. The number of aliphatic carboxylic acids is 1. The lowest BCUT2D eigenvalue weighted by molar-refractivity contribution is -0.133. The van der Waals surface area contributed by atoms with Crippen molar-refractivity contribution in [3.05, 3.63) is 0 Å². The van der Waals surface area contributed by atoms with Crippen LogP contribution in [-0.2, 0) is 9.59 Å². The van der Waals surface area contributed by atoms with Gasteiger partial charge in [-0.15, -0.1) is 11.8 Å². The number of hydrogen-bond acceptors (Lipinski definition) is 4. The van der Waals surface area contributed by atoms with Gasteiger partial charge in [0, 0.05) is 11.8 Å². The zero-order chi connectivity index (χ0) is 11.1. The molecule has 86 valence electrons. The highest BCUT2D eigenvalue weighted by Gasteiger charge is 2.15. The van der Waals surface area contributed by atoms with Crippen molar-refractivity contribution in [3.63, 3.8) is 0 Å². The van der Waals surface area contributed by atoms with Crippen molar-refractivity contribution in [2.24, 2.45) is 0 Å². The van der Waals surface area contributed by atoms with Gasteiger partial charge >= 0.3 is 5.97 Å². The molecule has 0 bridgehead atoms. The van der Waals surface area contributed by atoms with Crippen LogP contribution in [0.5, 0.6) is 0 Å². The van der Waals surface area contributed by atoms with Gasteiger partial charge in [-0.1, -0.05) is 0 Å². The van der Waals surface area contributed by atoms with Crippen LogP contribution in [0.1, 0.15) is 12.8 Å². The molecule has 1 rings (SSSR count). The average Bonchev–Trinajstić information content (AvgIpc) is 2.18. The molecule has 1 unspecified atom stereocenters. The van der Waals surface area contributed by atoms with Crippen LogP contribution in [-0.4, -0.2) is 46.0 Å². The summed E-state index contributed by atoms with van der Waals surface area (Å²) >= 11 is 3.00. The predicted octanol–water partition coefficient (Wildman–Crippen LogP) is 0.816. The smallest absolute Gasteiger partial charge is 0.313 e. The van der Waals surface area contributed by atoms with Crippen molar-refractivity contribution in [3.8, 4) is 0 Å². The quantitative estimate of drug-likeness (QED) is 0.755. The van der Waals surface area contributed by atoms with E-state index in [-0.39, 0.29) is 23.5 Å². The Labute approximate surface area is 97.6 Å². The van der Waals surface area contributed by atoms with Gasteiger partial charge in [-0.05, 0) is 18.6 Å². The third kappa shape index (κ3) is 5.94. The fraction of sp³-hybridized carbons (Fsp3) is 0.778. The van der Waals surface area contributed by atoms with E-state index in [4.69, 9.17) is 5.11 Å². The van der Waals surface area contributed by atoms with Gasteiger partial charge in [0.1, 0.15) is 0 Å². The second kappa shape index (κ2) is 7.00. The topological polar surface area (TPSA) is 66.4 Å². The van der Waals surface area contributed by atoms with Crippen molar-refractivity contribution in [2.75, 3.05) is 23.0 Å². The van der Waals surface area contributed by atoms with Gasteiger partial charge in [0.15, 0.2) is 0 Å². The molecule has 1 saturated heterocycles. The number of thioether (sulfide) groups is 2. The van der Waals surface area contributed by atoms with Gasteiger partial charge in [-0.3, -0.25) is 9.59 Å². The highest BCUT2D eigenvalue weighted by Crippen LogP contribution is 2.16. The number of carboxylic acid groups (broad SMARTS) is 1. The second-order valence-corrected chi connectivity index (χ2v) is 5.50. The molecule has 1 heterocycles. The minimum atomic E-state index is -0.874. The van der Waals surface area contributed by atoms with Crippen LogP contribution < -0.4 is 5.32 Å². The summed E-state index contributed by atoms with van der Waals surface area (Å²) < 4.78 is 0. The van der Waals surface area contributed by atoms with Gasteiger partial charge in [-0.2, -0.15) is 11.8 Å². The minimum absolute atomic E-state index is 0.00711. The number of rotatable bonds is 5. The molecule has 0 aromatic rings. The molecule has 0 aromatic heterocycles. The Morgan fingerprint density at radius 1 is 1.47 bits per heavy atom. The number of nitrogens with one attached hydrogen (secondary N) is 1. The third-order valence-corrected chi connectivity index (χ3v) is 4.12. The van der Waals surface area contributed by atoms with E-state index in [0.717, 1.165) is 30.4 Å². The van der Waals surface area contributed by atoms with Crippen molar-refractivity contribution < 1.29 is 14.7 Å². The Morgan fingerprint density at radius 3 is 2.87 bits per heavy atom. The van der Waals surface area contributed by atoms with E-state index in [1.807, 2.05) is 11.8 Å². The standard InChI is InChI=1S/C9H15NO3S2/c11-8(5-15-6-9(12)13)10-7-2-1-3-14-4-7/h7H,1-6H2,(H,10,11)(H,12,13). The molecule has 1 atom stereocenters. The lowest BCUT2D eigenvalue weighted by atomic mass is 10.2. The molecule has 1 amide bonds. The summed E-state index contributed by atoms with van der Waals surface area (Å²) in [6, 6.07) is 0.279. The fourth-order valence-electron chi connectivity index (χ4n) is 1.35. The number of carbonyl (C=O) groups excluding carboxylic acids is 1. The third-order valence-electron chi connectivity index (χ3n) is 1.98. The van der Waals surface area contributed by atoms with E-state index in [9.17, 15) is 9.59 Å². The molecule has 1 fully saturated rings. The van der Waals surface area contributed by atoms with Gasteiger partial charge < -0.3 is 10.4 Å². The van der Waals surface area contributed by atoms with E-state index >= 15 is 0 Å². The van der Waals surface area contributed by atoms with Crippen LogP contribution in [0.25, 0.3) is 0 Å². The molecule has 6 heteroatoms. The molecule has 1 aliphatic rings. The minimum Gasteiger partial charge on any atom is -0.481 e. The molecule has 0 saturated carbocycles. The van der Waals surface area contributed by atoms with E-state index < -0.39 is 5.97 Å². The number of hydrogen-bond donors (Lipinski definition) is 2. The van der Waals surface area contributed by atoms with Gasteiger partial charge in [0.05, 0.1) is 11.5 Å². The second-order valence-electron chi connectivity index (χ2n) is 3.37. The Morgan fingerprint density at radius 2 is 2.27 bits per heavy atom. The van der Waals surface area contributed by atoms with Crippen LogP contribution in [0.3, 0.4) is 0 Å². The van der Waals surface area contributed by atoms with Crippen LogP contribution in [0.15, 0.2) is 0 Å². The largest absolute Gasteiger partial charge is 0.481 e. The average molecular weight is 249 g/mol. The summed E-state index contributed by atoms with van der Waals surface area (Å²) in [6.07, 6.45) is 2.19. The predicted molar refractivity (Wildman–Crippen MR) is 63.5 cm³/mol. The zero-order valence-corrected chi connectivity index (χ0v) is 10.0. The maximum absolute atomic E-state index is 11.4. The van der Waals surface area contributed by atoms with Crippen molar-refractivity contribution in [1.29, 1.82) is 0 Å². The summed E-state index contributed by atoms with van der Waals surface area (Å²) in [5.41, 5.74) is 0. The van der Waals surface area contributed by atoms with Gasteiger partial charge in [0.2, 0.25) is 5.91 Å². The molecule has 1 aliphatic heterocycles. The highest BCUT2D eigenvalue weighted by molar-refractivity contribution is 8.00. The summed E-state index contributed by atoms with van der Waals surface area (Å²) in [5.74, 6) is 1.48. The lowest BCUT2D eigenvalue weighted by Gasteiger charge is -2.22. The van der Waals surface area contributed by atoms with Crippen molar-refractivity contribution in [1.82, 2.24) is 5.32 Å². The first-order chi connectivity index (χ1) is 7.18. The number of carboxylic acids is 1. The SMILES string of the molecule is O=C(O)CSCC(=O)NC1CCCSC1. The Kier molecular flexibility index (Phi) is 5.93. The molecule has 0 aromatic carbocycles. The molecular weight excluding hydrogens is 234 g/mol. The molecule has 0 spiro atoms. The van der Waals surface area contributed by atoms with Crippen LogP contribution in [0.2, 0.25) is 0 Å². The highest BCUT2D eigenvalue weighted by atomic mass is 32.2. The lowest BCUT2D eigenvalue weighted by Crippen LogP contribution is -2.39. The van der Waals surface area contributed by atoms with E-state index in [0.29, 0.717) is 0 Å². The molecular formula is C9H15NO3S2. The van der Waals surface area contributed by atoms with Crippen LogP contribution in [0, 0.1) is 0 Å². The molecule has 15 heavy (non-hydrogen) atoms. The van der Waals surface area contributed by atoms with Crippen LogP contribution >= 0.6 is 23.5 Å². The molecule has 4 nitrogen and oxygen atoms in total. The van der Waals surface area contributed by atoms with E-state index in [1.54, 1.807) is 0 Å². The fourth-order valence-corrected chi connectivity index (χ4v) is 2.97. The van der Waals surface area contributed by atoms with Crippen molar-refractivity contribution in [2.45, 2.75) is 18.9 Å². The van der Waals surface area contributed by atoms with Gasteiger partial charge in [-0.25, -0.2) is 0 Å². The molecule has 0 aliphatic carbocycles. The summed E-state index contributed by atoms with van der Waals surface area (Å²) in [4.78, 5) is 21.6. The Hall–Kier alpha value is -0.360. The summed E-state index contributed by atoms with van der Waals surface area (Å²) in [6.45, 7) is 0. The first kappa shape index (κ1) is 12.7. The normalized spacial score (nSPS) is 20.9. The van der Waals surface area contributed by atoms with E-state index in [2.05, 4.69) is 5.32 Å². The first-order valence-electron chi connectivity index (χ1n) is 4.85. The Balaban J connectivity index is 2.09. The van der Waals surface area contributed by atoms with Crippen LogP contribution in [0.4, 0.5) is 0 Å². The molecule has 2 N–H and O–H groups in total. The van der Waals surface area contributed by atoms with Crippen molar-refractivity contribution >= 4 is 35.4 Å². The Bertz CT molecular complexity index is 229. The number of carbonyl (C=O) groups is 2. The monoisotopic (exact) mass is 249 g/mol. The van der Waals surface area contributed by atoms with Gasteiger partial charge in [0.25, 0.3) is 0 Å². The number of amides is 1. The maximum Gasteiger partial charge on any atom is 0.313 e. The summed E-state index contributed by atoms with van der Waals surface area (Å²) in [5, 5.41) is 11.3. The summed E-state index contributed by atoms with van der Waals surface area (Å²) in [7, 11) is 0.